The molecule has 0 bridgehead atoms. The van der Waals surface area contributed by atoms with Gasteiger partial charge >= 0.3 is 0 Å². The molecule has 0 radical (unpaired) electrons. The van der Waals surface area contributed by atoms with Gasteiger partial charge in [-0.2, -0.15) is 0 Å². The Morgan fingerprint density at radius 2 is 2.05 bits per heavy atom. The Labute approximate surface area is 118 Å². The Balaban J connectivity index is 1.93. The fourth-order valence-electron chi connectivity index (χ4n) is 3.51. The minimum atomic E-state index is -0.00261. The SMILES string of the molecule is CCCNC1(CO)CCC(N(CC2CC2)C(C)C)C1. The van der Waals surface area contributed by atoms with E-state index in [0.717, 1.165) is 31.7 Å². The highest BCUT2D eigenvalue weighted by molar-refractivity contribution is 5.00. The average Bonchev–Trinajstić information content (AvgIpc) is 3.13. The molecule has 0 spiro atoms. The van der Waals surface area contributed by atoms with E-state index in [1.807, 2.05) is 0 Å². The fraction of sp³-hybridized carbons (Fsp3) is 1.00. The van der Waals surface area contributed by atoms with Crippen LogP contribution in [0.4, 0.5) is 0 Å². The molecule has 0 aromatic heterocycles. The van der Waals surface area contributed by atoms with E-state index in [-0.39, 0.29) is 5.54 Å². The van der Waals surface area contributed by atoms with Crippen LogP contribution in [0.5, 0.6) is 0 Å². The Kier molecular flexibility index (Phi) is 5.27. The van der Waals surface area contributed by atoms with Gasteiger partial charge in [-0.15, -0.1) is 0 Å². The molecule has 0 aliphatic heterocycles. The van der Waals surface area contributed by atoms with E-state index >= 15 is 0 Å². The molecule has 19 heavy (non-hydrogen) atoms. The first-order valence-corrected chi connectivity index (χ1v) is 8.22. The number of aliphatic hydroxyl groups excluding tert-OH is 1. The number of nitrogens with zero attached hydrogens (tertiary/aromatic N) is 1. The Morgan fingerprint density at radius 1 is 1.32 bits per heavy atom. The topological polar surface area (TPSA) is 35.5 Å². The molecule has 0 aromatic rings. The predicted octanol–water partition coefficient (Wildman–Crippen LogP) is 2.39. The molecule has 2 aliphatic rings. The van der Waals surface area contributed by atoms with Gasteiger partial charge in [-0.1, -0.05) is 6.92 Å². The first-order valence-electron chi connectivity index (χ1n) is 8.22. The van der Waals surface area contributed by atoms with Crippen LogP contribution >= 0.6 is 0 Å². The average molecular weight is 268 g/mol. The summed E-state index contributed by atoms with van der Waals surface area (Å²) in [5, 5.41) is 13.4. The summed E-state index contributed by atoms with van der Waals surface area (Å²) in [5.74, 6) is 0.954. The lowest BCUT2D eigenvalue weighted by atomic mass is 9.97. The van der Waals surface area contributed by atoms with Crippen LogP contribution < -0.4 is 5.32 Å². The molecule has 2 atom stereocenters. The van der Waals surface area contributed by atoms with Crippen LogP contribution in [0, 0.1) is 5.92 Å². The number of nitrogens with one attached hydrogen (secondary N) is 1. The third-order valence-corrected chi connectivity index (χ3v) is 4.93. The quantitative estimate of drug-likeness (QED) is 0.709. The van der Waals surface area contributed by atoms with Gasteiger partial charge in [0.1, 0.15) is 0 Å². The third kappa shape index (κ3) is 3.93. The van der Waals surface area contributed by atoms with Crippen molar-refractivity contribution in [3.63, 3.8) is 0 Å². The van der Waals surface area contributed by atoms with Crippen molar-refractivity contribution in [3.8, 4) is 0 Å². The van der Waals surface area contributed by atoms with Gasteiger partial charge in [-0.05, 0) is 64.8 Å². The Hall–Kier alpha value is -0.120. The second-order valence-corrected chi connectivity index (χ2v) is 7.00. The van der Waals surface area contributed by atoms with Gasteiger partial charge in [0.05, 0.1) is 6.61 Å². The van der Waals surface area contributed by atoms with Crippen molar-refractivity contribution in [3.05, 3.63) is 0 Å². The molecule has 0 amide bonds. The molecule has 3 nitrogen and oxygen atoms in total. The highest BCUT2D eigenvalue weighted by Crippen LogP contribution is 2.37. The van der Waals surface area contributed by atoms with Crippen molar-refractivity contribution in [2.75, 3.05) is 19.7 Å². The molecule has 2 fully saturated rings. The Bertz CT molecular complexity index is 278. The smallest absolute Gasteiger partial charge is 0.0613 e. The third-order valence-electron chi connectivity index (χ3n) is 4.93. The lowest BCUT2D eigenvalue weighted by Crippen LogP contribution is -2.49. The van der Waals surface area contributed by atoms with Crippen LogP contribution in [-0.4, -0.2) is 47.3 Å². The molecule has 112 valence electrons. The molecular formula is C16H32N2O. The molecule has 2 saturated carbocycles. The van der Waals surface area contributed by atoms with Gasteiger partial charge in [-0.3, -0.25) is 4.90 Å². The van der Waals surface area contributed by atoms with Crippen LogP contribution in [0.1, 0.15) is 59.3 Å². The molecule has 3 heteroatoms. The molecule has 2 unspecified atom stereocenters. The molecule has 0 heterocycles. The summed E-state index contributed by atoms with van der Waals surface area (Å²) >= 11 is 0. The van der Waals surface area contributed by atoms with Gasteiger partial charge in [0.25, 0.3) is 0 Å². The summed E-state index contributed by atoms with van der Waals surface area (Å²) in [6, 6.07) is 1.29. The minimum absolute atomic E-state index is 0.00261. The summed E-state index contributed by atoms with van der Waals surface area (Å²) < 4.78 is 0. The number of hydrogen-bond donors (Lipinski definition) is 2. The molecule has 0 aromatic carbocycles. The van der Waals surface area contributed by atoms with Crippen molar-refractivity contribution in [2.24, 2.45) is 5.92 Å². The number of hydrogen-bond acceptors (Lipinski definition) is 3. The van der Waals surface area contributed by atoms with Crippen LogP contribution in [0.25, 0.3) is 0 Å². The zero-order valence-electron chi connectivity index (χ0n) is 13.0. The van der Waals surface area contributed by atoms with Crippen LogP contribution in [0.15, 0.2) is 0 Å². The second kappa shape index (κ2) is 6.55. The van der Waals surface area contributed by atoms with E-state index in [0.29, 0.717) is 18.7 Å². The first-order chi connectivity index (χ1) is 9.10. The van der Waals surface area contributed by atoms with E-state index < -0.39 is 0 Å². The van der Waals surface area contributed by atoms with E-state index in [1.165, 1.54) is 25.8 Å². The molecule has 0 saturated heterocycles. The maximum absolute atomic E-state index is 9.79. The summed E-state index contributed by atoms with van der Waals surface area (Å²) in [4.78, 5) is 2.70. The van der Waals surface area contributed by atoms with Gasteiger partial charge < -0.3 is 10.4 Å². The highest BCUT2D eigenvalue weighted by atomic mass is 16.3. The summed E-state index contributed by atoms with van der Waals surface area (Å²) in [7, 11) is 0. The summed E-state index contributed by atoms with van der Waals surface area (Å²) in [5.41, 5.74) is -0.00261. The molecule has 2 rings (SSSR count). The highest BCUT2D eigenvalue weighted by Gasteiger charge is 2.41. The standard InChI is InChI=1S/C16H32N2O/c1-4-9-17-16(12-19)8-7-15(10-16)18(13(2)3)11-14-5-6-14/h13-15,17,19H,4-12H2,1-3H3. The zero-order chi connectivity index (χ0) is 13.9. The minimum Gasteiger partial charge on any atom is -0.394 e. The Morgan fingerprint density at radius 3 is 2.58 bits per heavy atom. The van der Waals surface area contributed by atoms with E-state index in [2.05, 4.69) is 31.0 Å². The van der Waals surface area contributed by atoms with Crippen molar-refractivity contribution in [1.82, 2.24) is 10.2 Å². The van der Waals surface area contributed by atoms with Crippen LogP contribution in [-0.2, 0) is 0 Å². The van der Waals surface area contributed by atoms with E-state index in [9.17, 15) is 5.11 Å². The summed E-state index contributed by atoms with van der Waals surface area (Å²) in [6.45, 7) is 9.42. The zero-order valence-corrected chi connectivity index (χ0v) is 13.0. The van der Waals surface area contributed by atoms with Gasteiger partial charge in [0.15, 0.2) is 0 Å². The number of rotatable bonds is 8. The monoisotopic (exact) mass is 268 g/mol. The van der Waals surface area contributed by atoms with Gasteiger partial charge in [0.2, 0.25) is 0 Å². The molecular weight excluding hydrogens is 236 g/mol. The van der Waals surface area contributed by atoms with Gasteiger partial charge in [-0.25, -0.2) is 0 Å². The van der Waals surface area contributed by atoms with Crippen molar-refractivity contribution >= 4 is 0 Å². The molecule has 2 aliphatic carbocycles. The predicted molar refractivity (Wildman–Crippen MR) is 80.3 cm³/mol. The maximum atomic E-state index is 9.79. The lowest BCUT2D eigenvalue weighted by Gasteiger charge is -2.35. The number of aliphatic hydroxyl groups is 1. The maximum Gasteiger partial charge on any atom is 0.0613 e. The van der Waals surface area contributed by atoms with Crippen molar-refractivity contribution in [1.29, 1.82) is 0 Å². The van der Waals surface area contributed by atoms with Crippen LogP contribution in [0.2, 0.25) is 0 Å². The largest absolute Gasteiger partial charge is 0.394 e. The first kappa shape index (κ1) is 15.3. The van der Waals surface area contributed by atoms with Crippen molar-refractivity contribution < 1.29 is 5.11 Å². The summed E-state index contributed by atoms with van der Waals surface area (Å²) in [6.07, 6.45) is 7.48. The van der Waals surface area contributed by atoms with Gasteiger partial charge in [0, 0.05) is 24.2 Å². The normalized spacial score (nSPS) is 31.6. The second-order valence-electron chi connectivity index (χ2n) is 7.00. The van der Waals surface area contributed by atoms with Crippen LogP contribution in [0.3, 0.4) is 0 Å². The molecule has 2 N–H and O–H groups in total. The fourth-order valence-corrected chi connectivity index (χ4v) is 3.51. The van der Waals surface area contributed by atoms with Crippen molar-refractivity contribution in [2.45, 2.75) is 76.9 Å². The lowest BCUT2D eigenvalue weighted by molar-refractivity contribution is 0.121. The van der Waals surface area contributed by atoms with E-state index in [4.69, 9.17) is 0 Å². The van der Waals surface area contributed by atoms with E-state index in [1.54, 1.807) is 0 Å².